The van der Waals surface area contributed by atoms with Crippen LogP contribution in [-0.2, 0) is 0 Å². The summed E-state index contributed by atoms with van der Waals surface area (Å²) in [5.74, 6) is 1.66. The number of hydrogen-bond donors (Lipinski definition) is 2. The van der Waals surface area contributed by atoms with Crippen LogP contribution in [0, 0.1) is 0 Å². The van der Waals surface area contributed by atoms with Gasteiger partial charge in [0.2, 0.25) is 0 Å². The minimum absolute atomic E-state index is 0.815. The summed E-state index contributed by atoms with van der Waals surface area (Å²) in [6, 6.07) is 15.9. The van der Waals surface area contributed by atoms with Crippen molar-refractivity contribution in [1.82, 2.24) is 9.97 Å². The molecule has 4 heteroatoms. The van der Waals surface area contributed by atoms with Crippen molar-refractivity contribution < 1.29 is 0 Å². The second kappa shape index (κ2) is 4.94. The summed E-state index contributed by atoms with van der Waals surface area (Å²) in [6.07, 6.45) is 1.80. The first-order chi connectivity index (χ1) is 9.35. The Balaban J connectivity index is 1.92. The van der Waals surface area contributed by atoms with Crippen molar-refractivity contribution in [2.75, 3.05) is 17.7 Å². The van der Waals surface area contributed by atoms with Crippen LogP contribution in [-0.4, -0.2) is 17.0 Å². The third-order valence-electron chi connectivity index (χ3n) is 2.88. The molecule has 94 valence electrons. The summed E-state index contributed by atoms with van der Waals surface area (Å²) in [4.78, 5) is 8.73. The van der Waals surface area contributed by atoms with Crippen molar-refractivity contribution in [1.29, 1.82) is 0 Å². The molecule has 0 amide bonds. The summed E-state index contributed by atoms with van der Waals surface area (Å²) < 4.78 is 0. The molecule has 0 bridgehead atoms. The lowest BCUT2D eigenvalue weighted by Gasteiger charge is -2.08. The predicted octanol–water partition coefficient (Wildman–Crippen LogP) is 3.42. The molecule has 0 aliphatic heterocycles. The Bertz CT molecular complexity index is 709. The smallest absolute Gasteiger partial charge is 0.132 e. The van der Waals surface area contributed by atoms with Crippen LogP contribution in [0.5, 0.6) is 0 Å². The number of rotatable bonds is 3. The topological polar surface area (TPSA) is 49.8 Å². The largest absolute Gasteiger partial charge is 0.373 e. The number of nitrogens with zero attached hydrogens (tertiary/aromatic N) is 2. The molecular formula is C15H14N4. The molecule has 0 radical (unpaired) electrons. The quantitative estimate of drug-likeness (QED) is 0.748. The van der Waals surface area contributed by atoms with Gasteiger partial charge in [0.25, 0.3) is 0 Å². The monoisotopic (exact) mass is 250 g/mol. The van der Waals surface area contributed by atoms with E-state index in [9.17, 15) is 0 Å². The minimum Gasteiger partial charge on any atom is -0.373 e. The zero-order valence-corrected chi connectivity index (χ0v) is 10.6. The lowest BCUT2D eigenvalue weighted by molar-refractivity contribution is 1.28. The summed E-state index contributed by atoms with van der Waals surface area (Å²) in [5.41, 5.74) is 1.99. The second-order valence-corrected chi connectivity index (χ2v) is 4.19. The summed E-state index contributed by atoms with van der Waals surface area (Å²) >= 11 is 0. The van der Waals surface area contributed by atoms with E-state index < -0.39 is 0 Å². The molecule has 0 unspecified atom stereocenters. The third-order valence-corrected chi connectivity index (χ3v) is 2.88. The Hall–Kier alpha value is -2.62. The standard InChI is InChI=1S/C15H14N4/c1-16-14-5-2-6-15(19-14)18-12-7-8-13-11(10-12)4-3-9-17-13/h2-10H,1H3,(H2,16,18,19). The van der Waals surface area contributed by atoms with Gasteiger partial charge >= 0.3 is 0 Å². The number of benzene rings is 1. The molecule has 0 aliphatic carbocycles. The van der Waals surface area contributed by atoms with E-state index in [4.69, 9.17) is 0 Å². The highest BCUT2D eigenvalue weighted by Crippen LogP contribution is 2.20. The Morgan fingerprint density at radius 3 is 2.74 bits per heavy atom. The zero-order chi connectivity index (χ0) is 13.1. The Kier molecular flexibility index (Phi) is 2.98. The van der Waals surface area contributed by atoms with Crippen molar-refractivity contribution in [3.63, 3.8) is 0 Å². The number of aromatic nitrogens is 2. The first-order valence-electron chi connectivity index (χ1n) is 6.12. The van der Waals surface area contributed by atoms with Crippen molar-refractivity contribution >= 4 is 28.2 Å². The average molecular weight is 250 g/mol. The molecule has 2 heterocycles. The molecule has 0 fully saturated rings. The molecular weight excluding hydrogens is 236 g/mol. The normalized spacial score (nSPS) is 10.4. The molecule has 0 aliphatic rings. The van der Waals surface area contributed by atoms with E-state index in [2.05, 4.69) is 26.7 Å². The van der Waals surface area contributed by atoms with Crippen LogP contribution >= 0.6 is 0 Å². The van der Waals surface area contributed by atoms with Crippen LogP contribution in [0.2, 0.25) is 0 Å². The predicted molar refractivity (Wildman–Crippen MR) is 78.8 cm³/mol. The maximum absolute atomic E-state index is 4.43. The van der Waals surface area contributed by atoms with Gasteiger partial charge in [0.1, 0.15) is 11.6 Å². The fraction of sp³-hybridized carbons (Fsp3) is 0.0667. The van der Waals surface area contributed by atoms with Crippen LogP contribution < -0.4 is 10.6 Å². The summed E-state index contributed by atoms with van der Waals surface area (Å²) in [7, 11) is 1.85. The molecule has 2 aromatic heterocycles. The maximum Gasteiger partial charge on any atom is 0.132 e. The molecule has 0 spiro atoms. The molecule has 4 nitrogen and oxygen atoms in total. The lowest BCUT2D eigenvalue weighted by atomic mass is 10.2. The van der Waals surface area contributed by atoms with E-state index in [-0.39, 0.29) is 0 Å². The molecule has 0 saturated heterocycles. The van der Waals surface area contributed by atoms with Gasteiger partial charge in [0.05, 0.1) is 5.52 Å². The van der Waals surface area contributed by atoms with Gasteiger partial charge in [-0.2, -0.15) is 0 Å². The van der Waals surface area contributed by atoms with Crippen molar-refractivity contribution in [2.24, 2.45) is 0 Å². The highest BCUT2D eigenvalue weighted by molar-refractivity contribution is 5.83. The first-order valence-corrected chi connectivity index (χ1v) is 6.12. The second-order valence-electron chi connectivity index (χ2n) is 4.19. The Morgan fingerprint density at radius 2 is 1.84 bits per heavy atom. The number of hydrogen-bond acceptors (Lipinski definition) is 4. The van der Waals surface area contributed by atoms with Crippen LogP contribution in [0.4, 0.5) is 17.3 Å². The molecule has 2 N–H and O–H groups in total. The number of nitrogens with one attached hydrogen (secondary N) is 2. The van der Waals surface area contributed by atoms with E-state index >= 15 is 0 Å². The molecule has 3 rings (SSSR count). The summed E-state index contributed by atoms with van der Waals surface area (Å²) in [5, 5.41) is 7.42. The van der Waals surface area contributed by atoms with Gasteiger partial charge in [-0.15, -0.1) is 0 Å². The van der Waals surface area contributed by atoms with Gasteiger partial charge in [-0.3, -0.25) is 4.98 Å². The van der Waals surface area contributed by atoms with Crippen molar-refractivity contribution in [3.8, 4) is 0 Å². The van der Waals surface area contributed by atoms with Gasteiger partial charge in [-0.1, -0.05) is 12.1 Å². The fourth-order valence-electron chi connectivity index (χ4n) is 1.94. The number of pyridine rings is 2. The lowest BCUT2D eigenvalue weighted by Crippen LogP contribution is -1.97. The van der Waals surface area contributed by atoms with Crippen molar-refractivity contribution in [2.45, 2.75) is 0 Å². The van der Waals surface area contributed by atoms with E-state index in [0.717, 1.165) is 28.2 Å². The van der Waals surface area contributed by atoms with Gasteiger partial charge in [0, 0.05) is 24.3 Å². The molecule has 1 aromatic carbocycles. The fourth-order valence-corrected chi connectivity index (χ4v) is 1.94. The summed E-state index contributed by atoms with van der Waals surface area (Å²) in [6.45, 7) is 0. The average Bonchev–Trinajstić information content (AvgIpc) is 2.47. The highest BCUT2D eigenvalue weighted by Gasteiger charge is 1.99. The third kappa shape index (κ3) is 2.47. The Labute approximate surface area is 111 Å². The molecule has 3 aromatic rings. The minimum atomic E-state index is 0.815. The van der Waals surface area contributed by atoms with Crippen LogP contribution in [0.25, 0.3) is 10.9 Å². The van der Waals surface area contributed by atoms with E-state index in [1.807, 2.05) is 49.5 Å². The zero-order valence-electron chi connectivity index (χ0n) is 10.6. The first kappa shape index (κ1) is 11.5. The number of anilines is 3. The van der Waals surface area contributed by atoms with Crippen LogP contribution in [0.15, 0.2) is 54.7 Å². The molecule has 0 atom stereocenters. The van der Waals surface area contributed by atoms with Gasteiger partial charge < -0.3 is 10.6 Å². The van der Waals surface area contributed by atoms with Crippen LogP contribution in [0.3, 0.4) is 0 Å². The van der Waals surface area contributed by atoms with Gasteiger partial charge in [-0.25, -0.2) is 4.98 Å². The van der Waals surface area contributed by atoms with Crippen molar-refractivity contribution in [3.05, 3.63) is 54.7 Å². The van der Waals surface area contributed by atoms with E-state index in [1.165, 1.54) is 0 Å². The van der Waals surface area contributed by atoms with Crippen LogP contribution in [0.1, 0.15) is 0 Å². The highest BCUT2D eigenvalue weighted by atomic mass is 15.0. The van der Waals surface area contributed by atoms with Gasteiger partial charge in [-0.05, 0) is 36.4 Å². The maximum atomic E-state index is 4.43. The SMILES string of the molecule is CNc1cccc(Nc2ccc3ncccc3c2)n1. The molecule has 19 heavy (non-hydrogen) atoms. The number of fused-ring (bicyclic) bond motifs is 1. The van der Waals surface area contributed by atoms with E-state index in [0.29, 0.717) is 0 Å². The molecule has 0 saturated carbocycles. The van der Waals surface area contributed by atoms with E-state index in [1.54, 1.807) is 6.20 Å². The van der Waals surface area contributed by atoms with Gasteiger partial charge in [0.15, 0.2) is 0 Å². The Morgan fingerprint density at radius 1 is 0.947 bits per heavy atom.